The van der Waals surface area contributed by atoms with E-state index in [4.69, 9.17) is 10.5 Å². The number of imide groups is 1. The van der Waals surface area contributed by atoms with Crippen molar-refractivity contribution in [1.29, 1.82) is 0 Å². The first-order chi connectivity index (χ1) is 8.66. The fourth-order valence-corrected chi connectivity index (χ4v) is 2.47. The Labute approximate surface area is 105 Å². The van der Waals surface area contributed by atoms with Crippen molar-refractivity contribution >= 4 is 17.5 Å². The number of hydrogen-bond acceptors (Lipinski definition) is 4. The molecule has 0 saturated carbocycles. The van der Waals surface area contributed by atoms with Gasteiger partial charge in [-0.25, -0.2) is 4.90 Å². The number of carbonyl (C=O) groups excluding carboxylic acids is 2. The minimum atomic E-state index is -0.429. The van der Waals surface area contributed by atoms with Gasteiger partial charge in [-0.1, -0.05) is 0 Å². The molecule has 0 aliphatic carbocycles. The summed E-state index contributed by atoms with van der Waals surface area (Å²) in [4.78, 5) is 25.6. The molecule has 0 aromatic heterocycles. The van der Waals surface area contributed by atoms with E-state index in [-0.39, 0.29) is 18.0 Å². The highest BCUT2D eigenvalue weighted by atomic mass is 16.5. The second-order valence-corrected chi connectivity index (χ2v) is 4.65. The van der Waals surface area contributed by atoms with Gasteiger partial charge in [-0.05, 0) is 43.5 Å². The third kappa shape index (κ3) is 1.67. The first-order valence-electron chi connectivity index (χ1n) is 6.05. The zero-order valence-corrected chi connectivity index (χ0v) is 9.83. The Hall–Kier alpha value is -1.88. The molecule has 5 heteroatoms. The number of carbonyl (C=O) groups is 2. The summed E-state index contributed by atoms with van der Waals surface area (Å²) in [6.07, 6.45) is 1.54. The van der Waals surface area contributed by atoms with Crippen molar-refractivity contribution in [1.82, 2.24) is 4.90 Å². The molecule has 2 atom stereocenters. The zero-order chi connectivity index (χ0) is 12.7. The van der Waals surface area contributed by atoms with Crippen LogP contribution < -0.4 is 5.73 Å². The molecule has 2 fully saturated rings. The van der Waals surface area contributed by atoms with Gasteiger partial charge in [-0.3, -0.25) is 9.59 Å². The number of amides is 2. The highest BCUT2D eigenvalue weighted by Crippen LogP contribution is 2.31. The number of hydrogen-bond donors (Lipinski definition) is 1. The second kappa shape index (κ2) is 4.10. The van der Waals surface area contributed by atoms with Gasteiger partial charge < -0.3 is 10.5 Å². The van der Waals surface area contributed by atoms with E-state index >= 15 is 0 Å². The highest BCUT2D eigenvalue weighted by molar-refractivity contribution is 6.07. The molecule has 2 heterocycles. The first kappa shape index (κ1) is 11.2. The molecule has 1 aromatic carbocycles. The van der Waals surface area contributed by atoms with Gasteiger partial charge in [0.05, 0.1) is 0 Å². The summed E-state index contributed by atoms with van der Waals surface area (Å²) in [5.74, 6) is -0.506. The van der Waals surface area contributed by atoms with Crippen LogP contribution in [0.5, 0.6) is 0 Å². The number of ether oxygens (including phenoxy) is 1. The number of likely N-dealkylation sites (tertiary alicyclic amines) is 1. The molecule has 5 nitrogen and oxygen atoms in total. The van der Waals surface area contributed by atoms with Gasteiger partial charge in [0.25, 0.3) is 11.8 Å². The topological polar surface area (TPSA) is 72.6 Å². The molecule has 2 amide bonds. The SMILES string of the molecule is Nc1ccc(C(=O)N2C(=O)C3CCCC2O3)cc1. The Morgan fingerprint density at radius 3 is 2.67 bits per heavy atom. The van der Waals surface area contributed by atoms with Gasteiger partial charge in [0, 0.05) is 11.3 Å². The lowest BCUT2D eigenvalue weighted by Gasteiger charge is -2.22. The van der Waals surface area contributed by atoms with Gasteiger partial charge in [-0.2, -0.15) is 0 Å². The van der Waals surface area contributed by atoms with Crippen molar-refractivity contribution in [2.24, 2.45) is 0 Å². The fraction of sp³-hybridized carbons (Fsp3) is 0.385. The molecule has 18 heavy (non-hydrogen) atoms. The van der Waals surface area contributed by atoms with Crippen LogP contribution >= 0.6 is 0 Å². The van der Waals surface area contributed by atoms with E-state index in [1.165, 1.54) is 4.90 Å². The molecular weight excluding hydrogens is 232 g/mol. The molecule has 2 bridgehead atoms. The highest BCUT2D eigenvalue weighted by Gasteiger charge is 2.46. The molecule has 2 saturated heterocycles. The summed E-state index contributed by atoms with van der Waals surface area (Å²) in [5.41, 5.74) is 6.63. The van der Waals surface area contributed by atoms with Crippen LogP contribution in [0, 0.1) is 0 Å². The standard InChI is InChI=1S/C13H14N2O3/c14-9-6-4-8(5-7-9)12(16)15-11-3-1-2-10(18-11)13(15)17/h4-7,10-11H,1-3,14H2. The number of rotatable bonds is 1. The van der Waals surface area contributed by atoms with E-state index in [1.54, 1.807) is 24.3 Å². The number of anilines is 1. The van der Waals surface area contributed by atoms with Crippen molar-refractivity contribution in [3.05, 3.63) is 29.8 Å². The number of fused-ring (bicyclic) bond motifs is 2. The lowest BCUT2D eigenvalue weighted by atomic mass is 10.1. The second-order valence-electron chi connectivity index (χ2n) is 4.65. The van der Waals surface area contributed by atoms with Crippen LogP contribution in [0.4, 0.5) is 5.69 Å². The molecular formula is C13H14N2O3. The van der Waals surface area contributed by atoms with Crippen LogP contribution in [0.15, 0.2) is 24.3 Å². The largest absolute Gasteiger partial charge is 0.399 e. The van der Waals surface area contributed by atoms with E-state index in [0.29, 0.717) is 17.7 Å². The molecule has 3 rings (SSSR count). The molecule has 1 aromatic rings. The van der Waals surface area contributed by atoms with Crippen LogP contribution in [0.3, 0.4) is 0 Å². The maximum absolute atomic E-state index is 12.3. The molecule has 0 radical (unpaired) electrons. The van der Waals surface area contributed by atoms with E-state index in [9.17, 15) is 9.59 Å². The fourth-order valence-electron chi connectivity index (χ4n) is 2.47. The predicted octanol–water partition coefficient (Wildman–Crippen LogP) is 1.15. The summed E-state index contributed by atoms with van der Waals surface area (Å²) in [5, 5.41) is 0. The Bertz CT molecular complexity index is 497. The Kier molecular flexibility index (Phi) is 2.56. The molecule has 2 aliphatic heterocycles. The summed E-state index contributed by atoms with van der Waals surface area (Å²) < 4.78 is 5.52. The monoisotopic (exact) mass is 246 g/mol. The van der Waals surface area contributed by atoms with Crippen molar-refractivity contribution in [3.8, 4) is 0 Å². The van der Waals surface area contributed by atoms with Crippen LogP contribution in [-0.4, -0.2) is 29.0 Å². The summed E-state index contributed by atoms with van der Waals surface area (Å²) in [6, 6.07) is 6.57. The Morgan fingerprint density at radius 2 is 2.00 bits per heavy atom. The van der Waals surface area contributed by atoms with Gasteiger partial charge in [0.1, 0.15) is 12.3 Å². The van der Waals surface area contributed by atoms with E-state index in [1.807, 2.05) is 0 Å². The van der Waals surface area contributed by atoms with E-state index < -0.39 is 6.10 Å². The maximum Gasteiger partial charge on any atom is 0.262 e. The first-order valence-corrected chi connectivity index (χ1v) is 6.05. The van der Waals surface area contributed by atoms with Gasteiger partial charge in [0.2, 0.25) is 0 Å². The Morgan fingerprint density at radius 1 is 1.28 bits per heavy atom. The van der Waals surface area contributed by atoms with Crippen LogP contribution in [0.1, 0.15) is 29.6 Å². The average molecular weight is 246 g/mol. The maximum atomic E-state index is 12.3. The normalized spacial score (nSPS) is 26.4. The van der Waals surface area contributed by atoms with Crippen molar-refractivity contribution in [3.63, 3.8) is 0 Å². The number of nitrogen functional groups attached to an aromatic ring is 1. The molecule has 2 N–H and O–H groups in total. The summed E-state index contributed by atoms with van der Waals surface area (Å²) in [7, 11) is 0. The quantitative estimate of drug-likeness (QED) is 0.596. The van der Waals surface area contributed by atoms with Gasteiger partial charge in [-0.15, -0.1) is 0 Å². The van der Waals surface area contributed by atoms with Crippen LogP contribution in [0.2, 0.25) is 0 Å². The van der Waals surface area contributed by atoms with Crippen LogP contribution in [-0.2, 0) is 9.53 Å². The van der Waals surface area contributed by atoms with Gasteiger partial charge >= 0.3 is 0 Å². The molecule has 2 unspecified atom stereocenters. The molecule has 94 valence electrons. The predicted molar refractivity (Wildman–Crippen MR) is 64.5 cm³/mol. The van der Waals surface area contributed by atoms with Crippen molar-refractivity contribution < 1.29 is 14.3 Å². The van der Waals surface area contributed by atoms with Crippen LogP contribution in [0.25, 0.3) is 0 Å². The third-order valence-corrected chi connectivity index (χ3v) is 3.42. The number of nitrogens with two attached hydrogens (primary N) is 1. The Balaban J connectivity index is 1.88. The lowest BCUT2D eigenvalue weighted by Crippen LogP contribution is -2.39. The number of benzene rings is 1. The average Bonchev–Trinajstić information content (AvgIpc) is 2.60. The summed E-state index contributed by atoms with van der Waals surface area (Å²) in [6.45, 7) is 0. The summed E-state index contributed by atoms with van der Waals surface area (Å²) >= 11 is 0. The van der Waals surface area contributed by atoms with Crippen molar-refractivity contribution in [2.75, 3.05) is 5.73 Å². The van der Waals surface area contributed by atoms with E-state index in [2.05, 4.69) is 0 Å². The van der Waals surface area contributed by atoms with E-state index in [0.717, 1.165) is 12.8 Å². The molecule has 2 aliphatic rings. The smallest absolute Gasteiger partial charge is 0.262 e. The van der Waals surface area contributed by atoms with Crippen molar-refractivity contribution in [2.45, 2.75) is 31.6 Å². The zero-order valence-electron chi connectivity index (χ0n) is 9.83. The lowest BCUT2D eigenvalue weighted by molar-refractivity contribution is -0.128. The van der Waals surface area contributed by atoms with Gasteiger partial charge in [0.15, 0.2) is 0 Å². The minimum absolute atomic E-state index is 0.209. The minimum Gasteiger partial charge on any atom is -0.399 e. The number of nitrogens with zero attached hydrogens (tertiary/aromatic N) is 1. The third-order valence-electron chi connectivity index (χ3n) is 3.42. The molecule has 0 spiro atoms.